The highest BCUT2D eigenvalue weighted by atomic mass is 15.2. The first-order valence-electron chi connectivity index (χ1n) is 7.21. The summed E-state index contributed by atoms with van der Waals surface area (Å²) >= 11 is 0. The maximum Gasteiger partial charge on any atom is 0.128 e. The van der Waals surface area contributed by atoms with Crippen LogP contribution in [0.4, 0.5) is 5.82 Å². The Morgan fingerprint density at radius 1 is 1.33 bits per heavy atom. The summed E-state index contributed by atoms with van der Waals surface area (Å²) < 4.78 is 0. The molecule has 1 aliphatic rings. The van der Waals surface area contributed by atoms with Crippen molar-refractivity contribution in [1.29, 1.82) is 0 Å². The fourth-order valence-electron chi connectivity index (χ4n) is 2.49. The Bertz CT molecular complexity index is 365. The van der Waals surface area contributed by atoms with E-state index in [9.17, 15) is 0 Å². The Labute approximate surface area is 111 Å². The van der Waals surface area contributed by atoms with E-state index in [0.29, 0.717) is 0 Å². The maximum atomic E-state index is 4.76. The normalized spacial score (nSPS) is 20.8. The van der Waals surface area contributed by atoms with Crippen LogP contribution in [0.25, 0.3) is 0 Å². The SMILES string of the molecule is CCNCc1cccc(N2CCCC(C)CC2)n1. The van der Waals surface area contributed by atoms with E-state index >= 15 is 0 Å². The fourth-order valence-corrected chi connectivity index (χ4v) is 2.49. The Morgan fingerprint density at radius 2 is 2.22 bits per heavy atom. The van der Waals surface area contributed by atoms with E-state index < -0.39 is 0 Å². The minimum absolute atomic E-state index is 0.861. The van der Waals surface area contributed by atoms with Crippen LogP contribution < -0.4 is 10.2 Å². The van der Waals surface area contributed by atoms with Crippen LogP contribution in [0.3, 0.4) is 0 Å². The summed E-state index contributed by atoms with van der Waals surface area (Å²) in [6.07, 6.45) is 3.94. The number of hydrogen-bond acceptors (Lipinski definition) is 3. The molecule has 0 aromatic carbocycles. The van der Waals surface area contributed by atoms with Gasteiger partial charge in [0.2, 0.25) is 0 Å². The van der Waals surface area contributed by atoms with Crippen LogP contribution in [-0.4, -0.2) is 24.6 Å². The van der Waals surface area contributed by atoms with Crippen LogP contribution in [0.5, 0.6) is 0 Å². The van der Waals surface area contributed by atoms with Crippen molar-refractivity contribution in [2.45, 2.75) is 39.7 Å². The van der Waals surface area contributed by atoms with Gasteiger partial charge in [0, 0.05) is 19.6 Å². The zero-order valence-electron chi connectivity index (χ0n) is 11.7. The van der Waals surface area contributed by atoms with E-state index in [1.165, 1.54) is 19.3 Å². The third-order valence-electron chi connectivity index (χ3n) is 3.69. The molecule has 1 aromatic rings. The molecule has 1 saturated heterocycles. The standard InChI is InChI=1S/C15H25N3/c1-3-16-12-14-7-4-8-15(17-14)18-10-5-6-13(2)9-11-18/h4,7-8,13,16H,3,5-6,9-12H2,1-2H3. The van der Waals surface area contributed by atoms with Gasteiger partial charge in [-0.05, 0) is 43.9 Å². The second-order valence-electron chi connectivity index (χ2n) is 5.29. The smallest absolute Gasteiger partial charge is 0.128 e. The van der Waals surface area contributed by atoms with Gasteiger partial charge >= 0.3 is 0 Å². The number of hydrogen-bond donors (Lipinski definition) is 1. The van der Waals surface area contributed by atoms with Gasteiger partial charge in [0.05, 0.1) is 5.69 Å². The molecular weight excluding hydrogens is 222 g/mol. The van der Waals surface area contributed by atoms with E-state index in [1.54, 1.807) is 0 Å². The molecule has 3 nitrogen and oxygen atoms in total. The lowest BCUT2D eigenvalue weighted by molar-refractivity contribution is 0.521. The van der Waals surface area contributed by atoms with Gasteiger partial charge in [-0.15, -0.1) is 0 Å². The van der Waals surface area contributed by atoms with Crippen molar-refractivity contribution in [2.24, 2.45) is 5.92 Å². The average molecular weight is 247 g/mol. The zero-order valence-corrected chi connectivity index (χ0v) is 11.7. The van der Waals surface area contributed by atoms with Crippen LogP contribution in [0.1, 0.15) is 38.8 Å². The quantitative estimate of drug-likeness (QED) is 0.887. The molecule has 2 rings (SSSR count). The van der Waals surface area contributed by atoms with Crippen molar-refractivity contribution in [2.75, 3.05) is 24.5 Å². The van der Waals surface area contributed by atoms with Crippen LogP contribution in [0, 0.1) is 5.92 Å². The summed E-state index contributed by atoms with van der Waals surface area (Å²) in [5.74, 6) is 2.01. The van der Waals surface area contributed by atoms with Gasteiger partial charge < -0.3 is 10.2 Å². The summed E-state index contributed by atoms with van der Waals surface area (Å²) in [4.78, 5) is 7.21. The molecule has 0 spiro atoms. The Morgan fingerprint density at radius 3 is 3.06 bits per heavy atom. The molecule has 1 fully saturated rings. The first-order valence-corrected chi connectivity index (χ1v) is 7.21. The summed E-state index contributed by atoms with van der Waals surface area (Å²) in [7, 11) is 0. The Balaban J connectivity index is 2.02. The van der Waals surface area contributed by atoms with Crippen molar-refractivity contribution in [1.82, 2.24) is 10.3 Å². The summed E-state index contributed by atoms with van der Waals surface area (Å²) in [5, 5.41) is 3.33. The fraction of sp³-hybridized carbons (Fsp3) is 0.667. The molecule has 0 aliphatic carbocycles. The third kappa shape index (κ3) is 3.70. The number of rotatable bonds is 4. The molecular formula is C15H25N3. The lowest BCUT2D eigenvalue weighted by Gasteiger charge is -2.22. The number of aromatic nitrogens is 1. The Hall–Kier alpha value is -1.09. The second-order valence-corrected chi connectivity index (χ2v) is 5.29. The minimum atomic E-state index is 0.861. The summed E-state index contributed by atoms with van der Waals surface area (Å²) in [6, 6.07) is 6.38. The van der Waals surface area contributed by atoms with Crippen LogP contribution in [0.15, 0.2) is 18.2 Å². The molecule has 1 atom stereocenters. The highest BCUT2D eigenvalue weighted by molar-refractivity contribution is 5.39. The van der Waals surface area contributed by atoms with Crippen LogP contribution in [0.2, 0.25) is 0 Å². The van der Waals surface area contributed by atoms with Gasteiger partial charge in [0.1, 0.15) is 5.82 Å². The number of anilines is 1. The van der Waals surface area contributed by atoms with E-state index in [2.05, 4.69) is 42.3 Å². The molecule has 1 aromatic heterocycles. The first-order chi connectivity index (χ1) is 8.79. The predicted octanol–water partition coefficient (Wildman–Crippen LogP) is 2.82. The first kappa shape index (κ1) is 13.3. The van der Waals surface area contributed by atoms with Crippen molar-refractivity contribution in [3.63, 3.8) is 0 Å². The number of pyridine rings is 1. The average Bonchev–Trinajstić information content (AvgIpc) is 2.61. The predicted molar refractivity (Wildman–Crippen MR) is 76.8 cm³/mol. The van der Waals surface area contributed by atoms with Gasteiger partial charge in [-0.3, -0.25) is 0 Å². The second kappa shape index (κ2) is 6.74. The van der Waals surface area contributed by atoms with Gasteiger partial charge in [-0.2, -0.15) is 0 Å². The number of nitrogens with zero attached hydrogens (tertiary/aromatic N) is 2. The van der Waals surface area contributed by atoms with E-state index in [-0.39, 0.29) is 0 Å². The Kier molecular flexibility index (Phi) is 5.00. The third-order valence-corrected chi connectivity index (χ3v) is 3.69. The monoisotopic (exact) mass is 247 g/mol. The molecule has 1 aliphatic heterocycles. The van der Waals surface area contributed by atoms with Crippen molar-refractivity contribution in [3.05, 3.63) is 23.9 Å². The molecule has 100 valence electrons. The molecule has 1 N–H and O–H groups in total. The van der Waals surface area contributed by atoms with E-state index in [1.807, 2.05) is 0 Å². The molecule has 1 unspecified atom stereocenters. The topological polar surface area (TPSA) is 28.2 Å². The van der Waals surface area contributed by atoms with Gasteiger partial charge in [0.15, 0.2) is 0 Å². The zero-order chi connectivity index (χ0) is 12.8. The lowest BCUT2D eigenvalue weighted by atomic mass is 10.0. The van der Waals surface area contributed by atoms with Gasteiger partial charge in [-0.1, -0.05) is 19.9 Å². The highest BCUT2D eigenvalue weighted by Gasteiger charge is 2.15. The molecule has 0 amide bonds. The largest absolute Gasteiger partial charge is 0.357 e. The number of nitrogens with one attached hydrogen (secondary N) is 1. The minimum Gasteiger partial charge on any atom is -0.357 e. The van der Waals surface area contributed by atoms with Crippen LogP contribution in [-0.2, 0) is 6.54 Å². The van der Waals surface area contributed by atoms with Crippen molar-refractivity contribution in [3.8, 4) is 0 Å². The van der Waals surface area contributed by atoms with Gasteiger partial charge in [0.25, 0.3) is 0 Å². The van der Waals surface area contributed by atoms with Gasteiger partial charge in [-0.25, -0.2) is 4.98 Å². The lowest BCUT2D eigenvalue weighted by Crippen LogP contribution is -2.25. The molecule has 0 radical (unpaired) electrons. The molecule has 0 saturated carbocycles. The summed E-state index contributed by atoms with van der Waals surface area (Å²) in [5.41, 5.74) is 1.15. The van der Waals surface area contributed by atoms with Crippen molar-refractivity contribution < 1.29 is 0 Å². The van der Waals surface area contributed by atoms with E-state index in [4.69, 9.17) is 4.98 Å². The maximum absolute atomic E-state index is 4.76. The molecule has 2 heterocycles. The molecule has 3 heteroatoms. The van der Waals surface area contributed by atoms with E-state index in [0.717, 1.165) is 43.6 Å². The molecule has 0 bridgehead atoms. The summed E-state index contributed by atoms with van der Waals surface area (Å²) in [6.45, 7) is 8.65. The van der Waals surface area contributed by atoms with Crippen molar-refractivity contribution >= 4 is 5.82 Å². The molecule has 18 heavy (non-hydrogen) atoms. The van der Waals surface area contributed by atoms with Crippen LogP contribution >= 0.6 is 0 Å². The highest BCUT2D eigenvalue weighted by Crippen LogP contribution is 2.21.